The number of amides is 1. The topological polar surface area (TPSA) is 70.2 Å². The van der Waals surface area contributed by atoms with Gasteiger partial charge in [-0.05, 0) is 29.8 Å². The maximum absolute atomic E-state index is 13.1. The molecule has 0 N–H and O–H groups in total. The van der Waals surface area contributed by atoms with Crippen LogP contribution in [0.5, 0.6) is 5.75 Å². The molecule has 31 heavy (non-hydrogen) atoms. The molecule has 2 aromatic carbocycles. The molecule has 9 heteroatoms. The lowest BCUT2D eigenvalue weighted by Crippen LogP contribution is -2.54. The van der Waals surface area contributed by atoms with E-state index in [4.69, 9.17) is 16.3 Å². The van der Waals surface area contributed by atoms with Gasteiger partial charge in [0.05, 0.1) is 5.56 Å². The molecule has 0 saturated carbocycles. The first-order chi connectivity index (χ1) is 14.9. The van der Waals surface area contributed by atoms with E-state index in [1.54, 1.807) is 35.2 Å². The number of hydrogen-bond donors (Lipinski definition) is 0. The normalized spacial score (nSPS) is 15.3. The van der Waals surface area contributed by atoms with Gasteiger partial charge >= 0.3 is 0 Å². The van der Waals surface area contributed by atoms with Gasteiger partial charge in [0.2, 0.25) is 0 Å². The second-order valence-corrected chi connectivity index (χ2v) is 9.56. The number of para-hydroxylation sites is 1. The number of piperazine rings is 1. The van der Waals surface area contributed by atoms with Gasteiger partial charge in [0, 0.05) is 44.3 Å². The Balaban J connectivity index is 1.65. The third-order valence-electron chi connectivity index (χ3n) is 5.31. The molecule has 0 spiro atoms. The van der Waals surface area contributed by atoms with E-state index < -0.39 is 10.2 Å². The number of hydrogen-bond acceptors (Lipinski definition) is 4. The number of carbonyl (C=O) groups is 1. The largest absolute Gasteiger partial charge is 0.488 e. The number of rotatable bonds is 8. The lowest BCUT2D eigenvalue weighted by atomic mass is 10.1. The Morgan fingerprint density at radius 3 is 2.23 bits per heavy atom. The monoisotopic (exact) mass is 465 g/mol. The van der Waals surface area contributed by atoms with E-state index in [1.807, 2.05) is 32.0 Å². The van der Waals surface area contributed by atoms with Gasteiger partial charge in [-0.1, -0.05) is 49.7 Å². The molecule has 0 bridgehead atoms. The highest BCUT2D eigenvalue weighted by Crippen LogP contribution is 2.23. The van der Waals surface area contributed by atoms with Crippen LogP contribution in [0.25, 0.3) is 0 Å². The quantitative estimate of drug-likeness (QED) is 0.600. The molecule has 1 fully saturated rings. The zero-order valence-electron chi connectivity index (χ0n) is 17.8. The highest BCUT2D eigenvalue weighted by molar-refractivity contribution is 7.86. The Labute approximate surface area is 189 Å². The molecule has 0 atom stereocenters. The molecule has 1 aliphatic heterocycles. The van der Waals surface area contributed by atoms with Crippen LogP contribution in [0.2, 0.25) is 5.02 Å². The first kappa shape index (κ1) is 23.5. The fourth-order valence-corrected chi connectivity index (χ4v) is 5.25. The number of nitrogens with zero attached hydrogens (tertiary/aromatic N) is 3. The van der Waals surface area contributed by atoms with Crippen molar-refractivity contribution in [2.24, 2.45) is 0 Å². The summed E-state index contributed by atoms with van der Waals surface area (Å²) in [6.07, 6.45) is 0. The summed E-state index contributed by atoms with van der Waals surface area (Å²) in [6.45, 7) is 6.04. The molecular formula is C22H28ClN3O4S. The van der Waals surface area contributed by atoms with Gasteiger partial charge in [-0.3, -0.25) is 4.79 Å². The Morgan fingerprint density at radius 2 is 1.61 bits per heavy atom. The second-order valence-electron chi connectivity index (χ2n) is 7.19. The smallest absolute Gasteiger partial charge is 0.282 e. The van der Waals surface area contributed by atoms with Gasteiger partial charge in [0.25, 0.3) is 16.1 Å². The van der Waals surface area contributed by atoms with Gasteiger partial charge in [-0.15, -0.1) is 0 Å². The van der Waals surface area contributed by atoms with Crippen LogP contribution in [0.1, 0.15) is 29.8 Å². The number of ether oxygens (including phenoxy) is 1. The summed E-state index contributed by atoms with van der Waals surface area (Å²) < 4.78 is 34.2. The molecular weight excluding hydrogens is 438 g/mol. The van der Waals surface area contributed by atoms with Crippen LogP contribution in [0.4, 0.5) is 0 Å². The molecule has 168 valence electrons. The van der Waals surface area contributed by atoms with Crippen molar-refractivity contribution in [3.63, 3.8) is 0 Å². The van der Waals surface area contributed by atoms with Crippen molar-refractivity contribution in [1.82, 2.24) is 13.5 Å². The molecule has 0 unspecified atom stereocenters. The third kappa shape index (κ3) is 5.57. The second kappa shape index (κ2) is 10.5. The summed E-state index contributed by atoms with van der Waals surface area (Å²) in [5.41, 5.74) is 1.42. The van der Waals surface area contributed by atoms with Crippen molar-refractivity contribution in [2.45, 2.75) is 20.5 Å². The van der Waals surface area contributed by atoms with Crippen molar-refractivity contribution in [3.05, 3.63) is 64.7 Å². The molecule has 3 rings (SSSR count). The van der Waals surface area contributed by atoms with Gasteiger partial charge in [0.1, 0.15) is 12.4 Å². The summed E-state index contributed by atoms with van der Waals surface area (Å²) in [7, 11) is -3.49. The van der Waals surface area contributed by atoms with Crippen molar-refractivity contribution in [2.75, 3.05) is 39.3 Å². The van der Waals surface area contributed by atoms with E-state index in [9.17, 15) is 13.2 Å². The molecule has 1 heterocycles. The summed E-state index contributed by atoms with van der Waals surface area (Å²) in [6, 6.07) is 14.5. The van der Waals surface area contributed by atoms with E-state index in [1.165, 1.54) is 8.61 Å². The zero-order valence-corrected chi connectivity index (χ0v) is 19.4. The molecule has 2 aromatic rings. The van der Waals surface area contributed by atoms with Crippen LogP contribution in [0.15, 0.2) is 48.5 Å². The van der Waals surface area contributed by atoms with Gasteiger partial charge in [-0.25, -0.2) is 0 Å². The fourth-order valence-electron chi connectivity index (χ4n) is 3.52. The van der Waals surface area contributed by atoms with Crippen LogP contribution < -0.4 is 4.74 Å². The molecule has 7 nitrogen and oxygen atoms in total. The van der Waals surface area contributed by atoms with Crippen molar-refractivity contribution < 1.29 is 17.9 Å². The van der Waals surface area contributed by atoms with Crippen molar-refractivity contribution >= 4 is 27.7 Å². The number of benzene rings is 2. The highest BCUT2D eigenvalue weighted by Gasteiger charge is 2.32. The van der Waals surface area contributed by atoms with Crippen LogP contribution in [0, 0.1) is 0 Å². The molecule has 0 aliphatic carbocycles. The summed E-state index contributed by atoms with van der Waals surface area (Å²) in [5, 5.41) is 0.654. The standard InChI is InChI=1S/C22H28ClN3O4S/c1-3-25(4-2)31(28,29)26-15-13-24(14-16-26)22(27)20-7-5-6-8-21(20)30-17-18-9-11-19(23)12-10-18/h5-12H,3-4,13-17H2,1-2H3. The maximum atomic E-state index is 13.1. The first-order valence-electron chi connectivity index (χ1n) is 10.4. The number of halogens is 1. The van der Waals surface area contributed by atoms with E-state index in [0.717, 1.165) is 5.56 Å². The predicted molar refractivity (Wildman–Crippen MR) is 122 cm³/mol. The Morgan fingerprint density at radius 1 is 1.00 bits per heavy atom. The molecule has 1 saturated heterocycles. The SMILES string of the molecule is CCN(CC)S(=O)(=O)N1CCN(C(=O)c2ccccc2OCc2ccc(Cl)cc2)CC1. The van der Waals surface area contributed by atoms with Crippen molar-refractivity contribution in [1.29, 1.82) is 0 Å². The summed E-state index contributed by atoms with van der Waals surface area (Å²) in [4.78, 5) is 14.8. The van der Waals surface area contributed by atoms with Gasteiger partial charge in [-0.2, -0.15) is 17.0 Å². The van der Waals surface area contributed by atoms with Crippen molar-refractivity contribution in [3.8, 4) is 5.75 Å². The van der Waals surface area contributed by atoms with Crippen LogP contribution in [-0.2, 0) is 16.8 Å². The van der Waals surface area contributed by atoms with Crippen LogP contribution >= 0.6 is 11.6 Å². The molecule has 1 aliphatic rings. The van der Waals surface area contributed by atoms with E-state index in [-0.39, 0.29) is 19.0 Å². The average Bonchev–Trinajstić information content (AvgIpc) is 2.79. The average molecular weight is 466 g/mol. The minimum absolute atomic E-state index is 0.161. The van der Waals surface area contributed by atoms with E-state index in [2.05, 4.69) is 0 Å². The lowest BCUT2D eigenvalue weighted by Gasteiger charge is -2.36. The number of carbonyl (C=O) groups excluding carboxylic acids is 1. The fraction of sp³-hybridized carbons (Fsp3) is 0.409. The molecule has 0 radical (unpaired) electrons. The minimum Gasteiger partial charge on any atom is -0.488 e. The molecule has 1 amide bonds. The zero-order chi connectivity index (χ0) is 22.4. The minimum atomic E-state index is -3.49. The van der Waals surface area contributed by atoms with Crippen LogP contribution in [0.3, 0.4) is 0 Å². The van der Waals surface area contributed by atoms with Gasteiger partial charge < -0.3 is 9.64 Å². The van der Waals surface area contributed by atoms with Crippen LogP contribution in [-0.4, -0.2) is 67.1 Å². The molecule has 0 aromatic heterocycles. The summed E-state index contributed by atoms with van der Waals surface area (Å²) in [5.74, 6) is 0.340. The Kier molecular flexibility index (Phi) is 7.94. The Hall–Kier alpha value is -2.13. The maximum Gasteiger partial charge on any atom is 0.282 e. The Bertz CT molecular complexity index is 986. The first-order valence-corrected chi connectivity index (χ1v) is 12.1. The van der Waals surface area contributed by atoms with Gasteiger partial charge in [0.15, 0.2) is 0 Å². The summed E-state index contributed by atoms with van der Waals surface area (Å²) >= 11 is 5.92. The predicted octanol–water partition coefficient (Wildman–Crippen LogP) is 3.26. The highest BCUT2D eigenvalue weighted by atomic mass is 35.5. The lowest BCUT2D eigenvalue weighted by molar-refractivity contribution is 0.0689. The third-order valence-corrected chi connectivity index (χ3v) is 7.75. The van der Waals surface area contributed by atoms with E-state index >= 15 is 0 Å². The van der Waals surface area contributed by atoms with E-state index in [0.29, 0.717) is 49.1 Å².